The zero-order valence-corrected chi connectivity index (χ0v) is 12.1. The largest absolute Gasteiger partial charge is 0.398 e. The van der Waals surface area contributed by atoms with E-state index in [4.69, 9.17) is 5.73 Å². The van der Waals surface area contributed by atoms with Gasteiger partial charge < -0.3 is 11.1 Å². The van der Waals surface area contributed by atoms with Crippen molar-refractivity contribution >= 4 is 39.9 Å². The Morgan fingerprint density at radius 1 is 1.22 bits per heavy atom. The average Bonchev–Trinajstić information content (AvgIpc) is 2.32. The van der Waals surface area contributed by atoms with Crippen molar-refractivity contribution in [3.63, 3.8) is 0 Å². The molecule has 0 heterocycles. The normalized spacial score (nSPS) is 10.1. The van der Waals surface area contributed by atoms with E-state index in [1.807, 2.05) is 37.3 Å². The van der Waals surface area contributed by atoms with Crippen LogP contribution in [0.5, 0.6) is 0 Å². The number of hydrogen-bond acceptors (Lipinski definition) is 2. The number of carbonyl (C=O) groups is 1. The zero-order valence-electron chi connectivity index (χ0n) is 9.91. The summed E-state index contributed by atoms with van der Waals surface area (Å²) >= 11 is 2.18. The number of para-hydroxylation sites is 1. The van der Waals surface area contributed by atoms with Crippen LogP contribution < -0.4 is 11.1 Å². The number of nitrogens with two attached hydrogens (primary N) is 1. The Hall–Kier alpha value is -1.56. The summed E-state index contributed by atoms with van der Waals surface area (Å²) in [5.41, 5.74) is 8.68. The van der Waals surface area contributed by atoms with Crippen molar-refractivity contribution in [3.05, 3.63) is 57.2 Å². The quantitative estimate of drug-likeness (QED) is 0.643. The minimum atomic E-state index is -0.184. The number of carbonyl (C=O) groups excluding carboxylic acids is 1. The number of anilines is 2. The molecule has 0 saturated carbocycles. The maximum atomic E-state index is 12.1. The number of amides is 1. The van der Waals surface area contributed by atoms with Gasteiger partial charge in [0.05, 0.1) is 11.3 Å². The van der Waals surface area contributed by atoms with Crippen molar-refractivity contribution < 1.29 is 4.79 Å². The second-order valence-corrected chi connectivity index (χ2v) is 5.19. The number of aryl methyl sites for hydroxylation is 1. The summed E-state index contributed by atoms with van der Waals surface area (Å²) in [6.07, 6.45) is 0. The van der Waals surface area contributed by atoms with Crippen LogP contribution in [0.1, 0.15) is 15.9 Å². The van der Waals surface area contributed by atoms with E-state index < -0.39 is 0 Å². The molecule has 0 aliphatic carbocycles. The van der Waals surface area contributed by atoms with E-state index in [1.165, 1.54) is 0 Å². The highest BCUT2D eigenvalue weighted by atomic mass is 127. The highest BCUT2D eigenvalue weighted by Crippen LogP contribution is 2.20. The maximum absolute atomic E-state index is 12.1. The molecule has 2 rings (SSSR count). The summed E-state index contributed by atoms with van der Waals surface area (Å²) in [7, 11) is 0. The van der Waals surface area contributed by atoms with Gasteiger partial charge in [0, 0.05) is 9.26 Å². The third kappa shape index (κ3) is 2.81. The smallest absolute Gasteiger partial charge is 0.257 e. The van der Waals surface area contributed by atoms with Crippen LogP contribution in [-0.2, 0) is 0 Å². The third-order valence-electron chi connectivity index (χ3n) is 2.57. The Balaban J connectivity index is 2.25. The molecule has 92 valence electrons. The van der Waals surface area contributed by atoms with Crippen LogP contribution >= 0.6 is 22.6 Å². The van der Waals surface area contributed by atoms with Gasteiger partial charge in [0.25, 0.3) is 5.91 Å². The van der Waals surface area contributed by atoms with Crippen molar-refractivity contribution in [2.24, 2.45) is 0 Å². The van der Waals surface area contributed by atoms with Crippen LogP contribution in [-0.4, -0.2) is 5.91 Å². The minimum Gasteiger partial charge on any atom is -0.398 e. The van der Waals surface area contributed by atoms with Crippen molar-refractivity contribution in [1.82, 2.24) is 0 Å². The third-order valence-corrected chi connectivity index (χ3v) is 3.51. The van der Waals surface area contributed by atoms with Crippen molar-refractivity contribution in [2.75, 3.05) is 11.1 Å². The van der Waals surface area contributed by atoms with Gasteiger partial charge in [-0.15, -0.1) is 0 Å². The predicted octanol–water partition coefficient (Wildman–Crippen LogP) is 3.43. The van der Waals surface area contributed by atoms with Gasteiger partial charge in [-0.1, -0.05) is 18.2 Å². The molecule has 0 unspecified atom stereocenters. The topological polar surface area (TPSA) is 55.1 Å². The predicted molar refractivity (Wildman–Crippen MR) is 82.7 cm³/mol. The van der Waals surface area contributed by atoms with Gasteiger partial charge in [0.1, 0.15) is 0 Å². The van der Waals surface area contributed by atoms with E-state index in [9.17, 15) is 4.79 Å². The van der Waals surface area contributed by atoms with Crippen LogP contribution in [0.15, 0.2) is 42.5 Å². The van der Waals surface area contributed by atoms with Gasteiger partial charge in [0.2, 0.25) is 0 Å². The van der Waals surface area contributed by atoms with Crippen molar-refractivity contribution in [2.45, 2.75) is 6.92 Å². The number of halogens is 1. The first-order valence-electron chi connectivity index (χ1n) is 5.50. The molecule has 0 radical (unpaired) electrons. The standard InChI is InChI=1S/C14H13IN2O/c1-9-6-7-10(12(16)8-9)14(18)17-13-5-3-2-4-11(13)15/h2-8H,16H2,1H3,(H,17,18). The summed E-state index contributed by atoms with van der Waals surface area (Å²) < 4.78 is 0.995. The van der Waals surface area contributed by atoms with E-state index in [-0.39, 0.29) is 5.91 Å². The molecule has 0 spiro atoms. The molecular weight excluding hydrogens is 339 g/mol. The Kier molecular flexibility index (Phi) is 3.86. The van der Waals surface area contributed by atoms with Gasteiger partial charge in [-0.05, 0) is 59.3 Å². The second kappa shape index (κ2) is 5.39. The molecule has 0 atom stereocenters. The van der Waals surface area contributed by atoms with Crippen molar-refractivity contribution in [3.8, 4) is 0 Å². The fourth-order valence-corrected chi connectivity index (χ4v) is 2.16. The first kappa shape index (κ1) is 12.9. The number of benzene rings is 2. The summed E-state index contributed by atoms with van der Waals surface area (Å²) in [5.74, 6) is -0.184. The molecule has 18 heavy (non-hydrogen) atoms. The molecule has 0 bridgehead atoms. The van der Waals surface area contributed by atoms with E-state index in [0.717, 1.165) is 14.8 Å². The lowest BCUT2D eigenvalue weighted by Crippen LogP contribution is -2.14. The lowest BCUT2D eigenvalue weighted by molar-refractivity contribution is 0.102. The highest BCUT2D eigenvalue weighted by Gasteiger charge is 2.10. The van der Waals surface area contributed by atoms with E-state index >= 15 is 0 Å². The number of rotatable bonds is 2. The SMILES string of the molecule is Cc1ccc(C(=O)Nc2ccccc2I)c(N)c1. The highest BCUT2D eigenvalue weighted by molar-refractivity contribution is 14.1. The van der Waals surface area contributed by atoms with Crippen LogP contribution in [0.3, 0.4) is 0 Å². The van der Waals surface area contributed by atoms with Crippen LogP contribution in [0.25, 0.3) is 0 Å². The van der Waals surface area contributed by atoms with E-state index in [2.05, 4.69) is 27.9 Å². The summed E-state index contributed by atoms with van der Waals surface area (Å²) in [4.78, 5) is 12.1. The monoisotopic (exact) mass is 352 g/mol. The average molecular weight is 352 g/mol. The Morgan fingerprint density at radius 3 is 2.61 bits per heavy atom. The molecule has 0 saturated heterocycles. The molecule has 0 aliphatic heterocycles. The second-order valence-electron chi connectivity index (χ2n) is 4.02. The maximum Gasteiger partial charge on any atom is 0.257 e. The Bertz CT molecular complexity index is 596. The van der Waals surface area contributed by atoms with Gasteiger partial charge in [-0.3, -0.25) is 4.79 Å². The first-order chi connectivity index (χ1) is 8.58. The molecule has 2 aromatic carbocycles. The number of nitrogen functional groups attached to an aromatic ring is 1. The van der Waals surface area contributed by atoms with E-state index in [1.54, 1.807) is 12.1 Å². The van der Waals surface area contributed by atoms with Gasteiger partial charge in [0.15, 0.2) is 0 Å². The molecular formula is C14H13IN2O. The van der Waals surface area contributed by atoms with Crippen LogP contribution in [0.2, 0.25) is 0 Å². The molecule has 0 aliphatic rings. The molecule has 3 nitrogen and oxygen atoms in total. The van der Waals surface area contributed by atoms with Gasteiger partial charge in [-0.2, -0.15) is 0 Å². The number of hydrogen-bond donors (Lipinski definition) is 2. The van der Waals surface area contributed by atoms with Gasteiger partial charge in [-0.25, -0.2) is 0 Å². The molecule has 3 N–H and O–H groups in total. The minimum absolute atomic E-state index is 0.184. The fraction of sp³-hybridized carbons (Fsp3) is 0.0714. The van der Waals surface area contributed by atoms with Gasteiger partial charge >= 0.3 is 0 Å². The molecule has 1 amide bonds. The number of nitrogens with one attached hydrogen (secondary N) is 1. The summed E-state index contributed by atoms with van der Waals surface area (Å²) in [6, 6.07) is 13.0. The summed E-state index contributed by atoms with van der Waals surface area (Å²) in [6.45, 7) is 1.94. The Labute approximate surface area is 120 Å². The zero-order chi connectivity index (χ0) is 13.1. The van der Waals surface area contributed by atoms with E-state index in [0.29, 0.717) is 11.3 Å². The fourth-order valence-electron chi connectivity index (χ4n) is 1.64. The summed E-state index contributed by atoms with van der Waals surface area (Å²) in [5, 5.41) is 2.86. The van der Waals surface area contributed by atoms with Crippen LogP contribution in [0, 0.1) is 10.5 Å². The first-order valence-corrected chi connectivity index (χ1v) is 6.58. The molecule has 2 aromatic rings. The van der Waals surface area contributed by atoms with Crippen molar-refractivity contribution in [1.29, 1.82) is 0 Å². The molecule has 0 aromatic heterocycles. The lowest BCUT2D eigenvalue weighted by Gasteiger charge is -2.09. The van der Waals surface area contributed by atoms with Crippen LogP contribution in [0.4, 0.5) is 11.4 Å². The Morgan fingerprint density at radius 2 is 1.94 bits per heavy atom. The molecule has 0 fully saturated rings. The lowest BCUT2D eigenvalue weighted by atomic mass is 10.1. The molecule has 4 heteroatoms.